The van der Waals surface area contributed by atoms with Gasteiger partial charge in [0, 0.05) is 5.56 Å². The van der Waals surface area contributed by atoms with Gasteiger partial charge in [-0.1, -0.05) is 11.3 Å². The standard InChI is InChI=1S/C8H5FN3O/c9-8-5(2-1-3-7(8)13)6-4-10-12-11-6/h1-4H,(H,10,11,12). The van der Waals surface area contributed by atoms with Crippen LogP contribution in [0.4, 0.5) is 4.39 Å². The zero-order chi connectivity index (χ0) is 9.26. The fraction of sp³-hybridized carbons (Fsp3) is 0. The number of H-pyrrole nitrogens is 1. The maximum Gasteiger partial charge on any atom is 0.214 e. The van der Waals surface area contributed by atoms with Crippen molar-refractivity contribution in [3.63, 3.8) is 0 Å². The molecule has 2 rings (SSSR count). The SMILES string of the molecule is [O]c1cccc(-c2cnn[nH]2)c1F. The van der Waals surface area contributed by atoms with Crippen LogP contribution in [-0.2, 0) is 5.11 Å². The Labute approximate surface area is 73.0 Å². The average molecular weight is 178 g/mol. The van der Waals surface area contributed by atoms with Gasteiger partial charge >= 0.3 is 0 Å². The summed E-state index contributed by atoms with van der Waals surface area (Å²) in [6.07, 6.45) is 1.36. The van der Waals surface area contributed by atoms with Gasteiger partial charge in [0.05, 0.1) is 11.9 Å². The van der Waals surface area contributed by atoms with E-state index in [1.54, 1.807) is 0 Å². The van der Waals surface area contributed by atoms with E-state index in [0.29, 0.717) is 5.69 Å². The lowest BCUT2D eigenvalue weighted by molar-refractivity contribution is 0.330. The molecule has 0 amide bonds. The molecule has 0 saturated heterocycles. The van der Waals surface area contributed by atoms with Crippen molar-refractivity contribution in [3.05, 3.63) is 30.2 Å². The van der Waals surface area contributed by atoms with E-state index in [4.69, 9.17) is 0 Å². The van der Waals surface area contributed by atoms with Gasteiger partial charge in [-0.2, -0.15) is 0 Å². The molecule has 0 spiro atoms. The summed E-state index contributed by atoms with van der Waals surface area (Å²) in [5.74, 6) is -1.42. The molecule has 0 aliphatic rings. The Morgan fingerprint density at radius 3 is 2.92 bits per heavy atom. The highest BCUT2D eigenvalue weighted by Gasteiger charge is 2.11. The second-order valence-electron chi connectivity index (χ2n) is 2.49. The minimum absolute atomic E-state index is 0.192. The average Bonchev–Trinajstić information content (AvgIpc) is 2.62. The molecule has 13 heavy (non-hydrogen) atoms. The Hall–Kier alpha value is -1.91. The fourth-order valence-corrected chi connectivity index (χ4v) is 1.05. The van der Waals surface area contributed by atoms with E-state index >= 15 is 0 Å². The highest BCUT2D eigenvalue weighted by molar-refractivity contribution is 5.60. The molecule has 1 N–H and O–H groups in total. The molecule has 1 aromatic heterocycles. The van der Waals surface area contributed by atoms with Crippen LogP contribution in [0, 0.1) is 5.82 Å². The Bertz CT molecular complexity index is 413. The molecule has 0 bridgehead atoms. The molecule has 0 unspecified atom stereocenters. The topological polar surface area (TPSA) is 61.5 Å². The smallest absolute Gasteiger partial charge is 0.214 e. The molecule has 1 heterocycles. The van der Waals surface area contributed by atoms with Gasteiger partial charge in [0.15, 0.2) is 5.82 Å². The zero-order valence-electron chi connectivity index (χ0n) is 6.49. The maximum atomic E-state index is 13.2. The quantitative estimate of drug-likeness (QED) is 0.723. The van der Waals surface area contributed by atoms with Crippen molar-refractivity contribution in [3.8, 4) is 17.0 Å². The number of nitrogens with zero attached hydrogens (tertiary/aromatic N) is 2. The third kappa shape index (κ3) is 1.24. The second-order valence-corrected chi connectivity index (χ2v) is 2.49. The first-order valence-corrected chi connectivity index (χ1v) is 3.61. The number of hydrogen-bond donors (Lipinski definition) is 1. The van der Waals surface area contributed by atoms with Crippen molar-refractivity contribution >= 4 is 0 Å². The molecule has 2 aromatic rings. The summed E-state index contributed by atoms with van der Waals surface area (Å²) in [6.45, 7) is 0. The lowest BCUT2D eigenvalue weighted by atomic mass is 10.1. The fourth-order valence-electron chi connectivity index (χ4n) is 1.05. The first-order chi connectivity index (χ1) is 6.29. The molecule has 1 aromatic carbocycles. The number of benzene rings is 1. The van der Waals surface area contributed by atoms with E-state index in [1.165, 1.54) is 24.4 Å². The summed E-state index contributed by atoms with van der Waals surface area (Å²) >= 11 is 0. The van der Waals surface area contributed by atoms with Crippen LogP contribution in [-0.4, -0.2) is 15.4 Å². The van der Waals surface area contributed by atoms with Crippen LogP contribution in [0.3, 0.4) is 0 Å². The molecule has 65 valence electrons. The third-order valence-corrected chi connectivity index (χ3v) is 1.67. The van der Waals surface area contributed by atoms with Crippen molar-refractivity contribution < 1.29 is 9.50 Å². The molecule has 0 saturated carbocycles. The number of aromatic amines is 1. The number of hydrogen-bond acceptors (Lipinski definition) is 2. The lowest BCUT2D eigenvalue weighted by Gasteiger charge is -1.98. The largest absolute Gasteiger partial charge is 0.287 e. The Balaban J connectivity index is 2.59. The lowest BCUT2D eigenvalue weighted by Crippen LogP contribution is -1.84. The van der Waals surface area contributed by atoms with Crippen molar-refractivity contribution in [2.75, 3.05) is 0 Å². The van der Waals surface area contributed by atoms with Crippen LogP contribution >= 0.6 is 0 Å². The summed E-state index contributed by atoms with van der Waals surface area (Å²) in [5, 5.41) is 20.3. The third-order valence-electron chi connectivity index (χ3n) is 1.67. The molecular weight excluding hydrogens is 173 g/mol. The van der Waals surface area contributed by atoms with E-state index in [1.807, 2.05) is 0 Å². The predicted molar refractivity (Wildman–Crippen MR) is 41.9 cm³/mol. The summed E-state index contributed by atoms with van der Waals surface area (Å²) in [7, 11) is 0. The van der Waals surface area contributed by atoms with Crippen molar-refractivity contribution in [2.24, 2.45) is 0 Å². The molecule has 0 fully saturated rings. The minimum atomic E-state index is -0.784. The predicted octanol–water partition coefficient (Wildman–Crippen LogP) is 1.75. The van der Waals surface area contributed by atoms with Crippen molar-refractivity contribution in [2.45, 2.75) is 0 Å². The minimum Gasteiger partial charge on any atom is -0.287 e. The molecule has 0 atom stereocenters. The molecule has 0 aliphatic heterocycles. The highest BCUT2D eigenvalue weighted by atomic mass is 19.1. The second kappa shape index (κ2) is 2.85. The van der Waals surface area contributed by atoms with Crippen LogP contribution in [0.2, 0.25) is 0 Å². The van der Waals surface area contributed by atoms with Crippen LogP contribution < -0.4 is 0 Å². The van der Waals surface area contributed by atoms with Gasteiger partial charge in [0.1, 0.15) is 0 Å². The van der Waals surface area contributed by atoms with Gasteiger partial charge < -0.3 is 0 Å². The first kappa shape index (κ1) is 7.72. The maximum absolute atomic E-state index is 13.2. The first-order valence-electron chi connectivity index (χ1n) is 3.61. The Morgan fingerprint density at radius 1 is 1.38 bits per heavy atom. The van der Waals surface area contributed by atoms with Crippen LogP contribution in [0.5, 0.6) is 5.75 Å². The van der Waals surface area contributed by atoms with Gasteiger partial charge in [0.2, 0.25) is 5.75 Å². The normalized spacial score (nSPS) is 10.2. The van der Waals surface area contributed by atoms with Gasteiger partial charge in [-0.25, -0.2) is 4.39 Å². The molecule has 5 heteroatoms. The Morgan fingerprint density at radius 2 is 2.23 bits per heavy atom. The van der Waals surface area contributed by atoms with E-state index in [9.17, 15) is 9.50 Å². The molecular formula is C8H5FN3O. The number of rotatable bonds is 1. The summed E-state index contributed by atoms with van der Waals surface area (Å²) in [5.41, 5.74) is 0.590. The molecule has 0 aliphatic carbocycles. The number of aromatic nitrogens is 3. The van der Waals surface area contributed by atoms with Crippen molar-refractivity contribution in [1.82, 2.24) is 15.4 Å². The molecule has 1 radical (unpaired) electrons. The molecule has 4 nitrogen and oxygen atoms in total. The summed E-state index contributed by atoms with van der Waals surface area (Å²) < 4.78 is 13.2. The van der Waals surface area contributed by atoms with Crippen LogP contribution in [0.15, 0.2) is 24.4 Å². The van der Waals surface area contributed by atoms with E-state index in [-0.39, 0.29) is 5.56 Å². The van der Waals surface area contributed by atoms with Gasteiger partial charge in [-0.15, -0.1) is 5.10 Å². The summed E-state index contributed by atoms with van der Waals surface area (Å²) in [4.78, 5) is 0. The van der Waals surface area contributed by atoms with E-state index in [0.717, 1.165) is 0 Å². The van der Waals surface area contributed by atoms with E-state index < -0.39 is 11.6 Å². The number of nitrogens with one attached hydrogen (secondary N) is 1. The summed E-state index contributed by atoms with van der Waals surface area (Å²) in [6, 6.07) is 4.15. The van der Waals surface area contributed by atoms with E-state index in [2.05, 4.69) is 15.4 Å². The van der Waals surface area contributed by atoms with Gasteiger partial charge in [-0.05, 0) is 12.1 Å². The Kier molecular flexibility index (Phi) is 1.70. The monoisotopic (exact) mass is 178 g/mol. The van der Waals surface area contributed by atoms with Crippen LogP contribution in [0.1, 0.15) is 0 Å². The van der Waals surface area contributed by atoms with Gasteiger partial charge in [0.25, 0.3) is 0 Å². The number of halogens is 1. The highest BCUT2D eigenvalue weighted by Crippen LogP contribution is 2.26. The van der Waals surface area contributed by atoms with Crippen LogP contribution in [0.25, 0.3) is 11.3 Å². The van der Waals surface area contributed by atoms with Gasteiger partial charge in [-0.3, -0.25) is 10.2 Å². The van der Waals surface area contributed by atoms with Crippen molar-refractivity contribution in [1.29, 1.82) is 0 Å². The zero-order valence-corrected chi connectivity index (χ0v) is 6.49.